The van der Waals surface area contributed by atoms with Gasteiger partial charge in [-0.25, -0.2) is 4.98 Å². The molecule has 1 saturated heterocycles. The molecule has 0 bridgehead atoms. The first-order valence-electron chi connectivity index (χ1n) is 10.8. The average molecular weight is 434 g/mol. The number of rotatable bonds is 6. The van der Waals surface area contributed by atoms with E-state index in [4.69, 9.17) is 10.2 Å². The number of hydrogen-bond donors (Lipinski definition) is 2. The third-order valence-electron chi connectivity index (χ3n) is 6.08. The van der Waals surface area contributed by atoms with Crippen LogP contribution in [0.2, 0.25) is 0 Å². The monoisotopic (exact) mass is 433 g/mol. The van der Waals surface area contributed by atoms with Gasteiger partial charge in [0.2, 0.25) is 11.8 Å². The Morgan fingerprint density at radius 2 is 1.84 bits per heavy atom. The molecule has 3 aromatic heterocycles. The van der Waals surface area contributed by atoms with Gasteiger partial charge in [0.25, 0.3) is 0 Å². The third-order valence-corrected chi connectivity index (χ3v) is 6.08. The standard InChI is InChI=1S/C23H27N7O2/c1-23(31,17-6-3-2-4-7-17)9-10-28-11-13-29(14-12-28)19-16-20-25-21(18-8-5-15-32-18)27-30(20)22(24)26-19/h2-8,15-16,31H,9-14H2,1H3,(H2,24,26). The van der Waals surface area contributed by atoms with Crippen molar-refractivity contribution in [2.24, 2.45) is 0 Å². The van der Waals surface area contributed by atoms with E-state index in [0.29, 0.717) is 29.6 Å². The first-order chi connectivity index (χ1) is 15.5. The number of nitrogens with zero attached hydrogens (tertiary/aromatic N) is 6. The zero-order valence-electron chi connectivity index (χ0n) is 18.1. The molecule has 3 N–H and O–H groups in total. The zero-order chi connectivity index (χ0) is 22.1. The summed E-state index contributed by atoms with van der Waals surface area (Å²) in [6, 6.07) is 15.4. The van der Waals surface area contributed by atoms with Gasteiger partial charge in [0.15, 0.2) is 11.4 Å². The van der Waals surface area contributed by atoms with E-state index in [1.54, 1.807) is 12.3 Å². The number of fused-ring (bicyclic) bond motifs is 1. The first kappa shape index (κ1) is 20.5. The largest absolute Gasteiger partial charge is 0.461 e. The van der Waals surface area contributed by atoms with Crippen LogP contribution in [0.3, 0.4) is 0 Å². The summed E-state index contributed by atoms with van der Waals surface area (Å²) < 4.78 is 6.92. The van der Waals surface area contributed by atoms with E-state index in [1.807, 2.05) is 49.4 Å². The Labute approximate surface area is 186 Å². The smallest absolute Gasteiger partial charge is 0.225 e. The Morgan fingerprint density at radius 1 is 1.06 bits per heavy atom. The first-order valence-corrected chi connectivity index (χ1v) is 10.8. The maximum Gasteiger partial charge on any atom is 0.225 e. The highest BCUT2D eigenvalue weighted by Gasteiger charge is 2.26. The van der Waals surface area contributed by atoms with Crippen LogP contribution in [0.1, 0.15) is 18.9 Å². The Bertz CT molecular complexity index is 1180. The van der Waals surface area contributed by atoms with Crippen molar-refractivity contribution in [3.8, 4) is 11.6 Å². The Balaban J connectivity index is 1.23. The second-order valence-electron chi connectivity index (χ2n) is 8.37. The van der Waals surface area contributed by atoms with Crippen LogP contribution in [0, 0.1) is 0 Å². The molecule has 4 aromatic rings. The fourth-order valence-corrected chi connectivity index (χ4v) is 4.09. The SMILES string of the molecule is CC(O)(CCN1CCN(c2cc3nc(-c4ccco4)nn3c(N)n2)CC1)c1ccccc1. The van der Waals surface area contributed by atoms with E-state index in [0.717, 1.165) is 44.1 Å². The number of piperazine rings is 1. The Kier molecular flexibility index (Phi) is 5.28. The third kappa shape index (κ3) is 4.04. The van der Waals surface area contributed by atoms with E-state index in [1.165, 1.54) is 4.52 Å². The van der Waals surface area contributed by atoms with Crippen LogP contribution >= 0.6 is 0 Å². The number of benzene rings is 1. The predicted molar refractivity (Wildman–Crippen MR) is 122 cm³/mol. The quantitative estimate of drug-likeness (QED) is 0.477. The Morgan fingerprint density at radius 3 is 2.56 bits per heavy atom. The molecule has 1 aromatic carbocycles. The lowest BCUT2D eigenvalue weighted by atomic mass is 9.92. The summed E-state index contributed by atoms with van der Waals surface area (Å²) in [7, 11) is 0. The molecular formula is C23H27N7O2. The van der Waals surface area contributed by atoms with E-state index in [9.17, 15) is 5.11 Å². The minimum absolute atomic E-state index is 0.296. The lowest BCUT2D eigenvalue weighted by Gasteiger charge is -2.36. The molecule has 5 rings (SSSR count). The number of anilines is 2. The molecule has 0 saturated carbocycles. The fourth-order valence-electron chi connectivity index (χ4n) is 4.09. The topological polar surface area (TPSA) is 109 Å². The van der Waals surface area contributed by atoms with Gasteiger partial charge in [-0.1, -0.05) is 30.3 Å². The lowest BCUT2D eigenvalue weighted by Crippen LogP contribution is -2.47. The summed E-state index contributed by atoms with van der Waals surface area (Å²) in [6.45, 7) is 6.16. The molecule has 1 atom stereocenters. The molecule has 9 heteroatoms. The number of hydrogen-bond acceptors (Lipinski definition) is 8. The van der Waals surface area contributed by atoms with Crippen LogP contribution in [0.15, 0.2) is 59.2 Å². The van der Waals surface area contributed by atoms with E-state index >= 15 is 0 Å². The highest BCUT2D eigenvalue weighted by atomic mass is 16.3. The summed E-state index contributed by atoms with van der Waals surface area (Å²) in [5, 5.41) is 15.3. The van der Waals surface area contributed by atoms with Crippen molar-refractivity contribution in [1.29, 1.82) is 0 Å². The summed E-state index contributed by atoms with van der Waals surface area (Å²) in [4.78, 5) is 13.7. The molecule has 0 amide bonds. The fraction of sp³-hybridized carbons (Fsp3) is 0.348. The molecule has 32 heavy (non-hydrogen) atoms. The molecule has 1 aliphatic rings. The minimum atomic E-state index is -0.835. The van der Waals surface area contributed by atoms with Gasteiger partial charge in [-0.3, -0.25) is 4.90 Å². The zero-order valence-corrected chi connectivity index (χ0v) is 18.1. The second kappa shape index (κ2) is 8.25. The predicted octanol–water partition coefficient (Wildman–Crippen LogP) is 2.39. The second-order valence-corrected chi connectivity index (χ2v) is 8.37. The minimum Gasteiger partial charge on any atom is -0.461 e. The van der Waals surface area contributed by atoms with E-state index in [2.05, 4.69) is 24.9 Å². The van der Waals surface area contributed by atoms with Crippen molar-refractivity contribution >= 4 is 17.4 Å². The van der Waals surface area contributed by atoms with Gasteiger partial charge in [-0.05, 0) is 31.0 Å². The van der Waals surface area contributed by atoms with E-state index in [-0.39, 0.29) is 0 Å². The van der Waals surface area contributed by atoms with Gasteiger partial charge in [0, 0.05) is 38.8 Å². The van der Waals surface area contributed by atoms with Crippen molar-refractivity contribution in [2.45, 2.75) is 18.9 Å². The van der Waals surface area contributed by atoms with Gasteiger partial charge in [0.05, 0.1) is 11.9 Å². The summed E-state index contributed by atoms with van der Waals surface area (Å²) in [5.74, 6) is 2.17. The van der Waals surface area contributed by atoms with Crippen LogP contribution in [0.4, 0.5) is 11.8 Å². The number of nitrogens with two attached hydrogens (primary N) is 1. The molecule has 166 valence electrons. The molecule has 4 heterocycles. The van der Waals surface area contributed by atoms with Crippen LogP contribution in [-0.4, -0.2) is 62.3 Å². The van der Waals surface area contributed by atoms with Gasteiger partial charge in [0.1, 0.15) is 5.82 Å². The normalized spacial score (nSPS) is 17.0. The summed E-state index contributed by atoms with van der Waals surface area (Å²) >= 11 is 0. The molecule has 1 unspecified atom stereocenters. The van der Waals surface area contributed by atoms with Gasteiger partial charge in [-0.2, -0.15) is 9.50 Å². The highest BCUT2D eigenvalue weighted by Crippen LogP contribution is 2.25. The molecule has 0 spiro atoms. The van der Waals surface area contributed by atoms with Crippen LogP contribution in [0.5, 0.6) is 0 Å². The van der Waals surface area contributed by atoms with Crippen molar-refractivity contribution in [3.05, 3.63) is 60.4 Å². The van der Waals surface area contributed by atoms with Crippen molar-refractivity contribution in [2.75, 3.05) is 43.4 Å². The Hall–Kier alpha value is -3.43. The molecular weight excluding hydrogens is 406 g/mol. The summed E-state index contributed by atoms with van der Waals surface area (Å²) in [6.07, 6.45) is 2.27. The number of nitrogen functional groups attached to an aromatic ring is 1. The average Bonchev–Trinajstić information content (AvgIpc) is 3.49. The van der Waals surface area contributed by atoms with Crippen molar-refractivity contribution < 1.29 is 9.52 Å². The van der Waals surface area contributed by atoms with Gasteiger partial charge < -0.3 is 20.2 Å². The van der Waals surface area contributed by atoms with Crippen LogP contribution in [-0.2, 0) is 5.60 Å². The van der Waals surface area contributed by atoms with Crippen LogP contribution < -0.4 is 10.6 Å². The highest BCUT2D eigenvalue weighted by molar-refractivity contribution is 5.59. The summed E-state index contributed by atoms with van der Waals surface area (Å²) in [5.41, 5.74) is 6.92. The van der Waals surface area contributed by atoms with Crippen molar-refractivity contribution in [1.82, 2.24) is 24.5 Å². The van der Waals surface area contributed by atoms with Gasteiger partial charge >= 0.3 is 0 Å². The number of aromatic nitrogens is 4. The molecule has 9 nitrogen and oxygen atoms in total. The number of aliphatic hydroxyl groups is 1. The van der Waals surface area contributed by atoms with Gasteiger partial charge in [-0.15, -0.1) is 5.10 Å². The maximum absolute atomic E-state index is 10.9. The molecule has 0 aliphatic carbocycles. The molecule has 0 radical (unpaired) electrons. The lowest BCUT2D eigenvalue weighted by molar-refractivity contribution is 0.0352. The molecule has 1 fully saturated rings. The van der Waals surface area contributed by atoms with E-state index < -0.39 is 5.60 Å². The molecule has 1 aliphatic heterocycles. The van der Waals surface area contributed by atoms with Crippen molar-refractivity contribution in [3.63, 3.8) is 0 Å². The maximum atomic E-state index is 10.9. The number of furan rings is 1. The van der Waals surface area contributed by atoms with Crippen LogP contribution in [0.25, 0.3) is 17.2 Å².